The summed E-state index contributed by atoms with van der Waals surface area (Å²) in [4.78, 5) is 38.8. The van der Waals surface area contributed by atoms with Gasteiger partial charge in [-0.15, -0.1) is 0 Å². The fraction of sp³-hybridized carbons (Fsp3) is 0.812. The van der Waals surface area contributed by atoms with E-state index in [4.69, 9.17) is 9.84 Å². The number of rotatable bonds is 3. The van der Waals surface area contributed by atoms with Crippen molar-refractivity contribution in [2.75, 3.05) is 26.2 Å². The molecular weight excluding hydrogens is 300 g/mol. The summed E-state index contributed by atoms with van der Waals surface area (Å²) in [7, 11) is 0. The number of hydrogen-bond acceptors (Lipinski definition) is 4. The zero-order chi connectivity index (χ0) is 17.8. The molecule has 2 atom stereocenters. The SMILES string of the molecule is CC(C(=O)O)C(C)C(=O)N1CCCN(C(=O)OC(C)(C)C)CC1. The molecule has 2 amide bonds. The molecule has 0 aromatic carbocycles. The summed E-state index contributed by atoms with van der Waals surface area (Å²) in [5.74, 6) is -2.46. The third-order valence-electron chi connectivity index (χ3n) is 3.99. The zero-order valence-electron chi connectivity index (χ0n) is 14.7. The van der Waals surface area contributed by atoms with Gasteiger partial charge in [0, 0.05) is 32.1 Å². The first-order valence-corrected chi connectivity index (χ1v) is 8.02. The molecule has 23 heavy (non-hydrogen) atoms. The molecule has 0 aliphatic carbocycles. The molecule has 1 rings (SSSR count). The van der Waals surface area contributed by atoms with Crippen LogP contribution in [0, 0.1) is 11.8 Å². The van der Waals surface area contributed by atoms with Crippen molar-refractivity contribution in [2.45, 2.75) is 46.6 Å². The number of carbonyl (C=O) groups excluding carboxylic acids is 2. The first-order chi connectivity index (χ1) is 10.5. The summed E-state index contributed by atoms with van der Waals surface area (Å²) < 4.78 is 5.35. The van der Waals surface area contributed by atoms with E-state index in [2.05, 4.69) is 0 Å². The van der Waals surface area contributed by atoms with Gasteiger partial charge in [0.25, 0.3) is 0 Å². The van der Waals surface area contributed by atoms with Gasteiger partial charge < -0.3 is 19.6 Å². The Balaban J connectivity index is 2.63. The number of amides is 2. The fourth-order valence-corrected chi connectivity index (χ4v) is 2.36. The maximum atomic E-state index is 12.4. The first-order valence-electron chi connectivity index (χ1n) is 8.02. The molecule has 2 unspecified atom stereocenters. The molecule has 0 radical (unpaired) electrons. The predicted octanol–water partition coefficient (Wildman–Crippen LogP) is 1.81. The fourth-order valence-electron chi connectivity index (χ4n) is 2.36. The third-order valence-corrected chi connectivity index (χ3v) is 3.99. The highest BCUT2D eigenvalue weighted by molar-refractivity contribution is 5.84. The lowest BCUT2D eigenvalue weighted by Crippen LogP contribution is -2.42. The molecule has 0 aromatic rings. The highest BCUT2D eigenvalue weighted by Crippen LogP contribution is 2.17. The minimum Gasteiger partial charge on any atom is -0.481 e. The van der Waals surface area contributed by atoms with Gasteiger partial charge in [0.1, 0.15) is 5.60 Å². The van der Waals surface area contributed by atoms with E-state index in [1.807, 2.05) is 20.8 Å². The molecule has 1 saturated heterocycles. The minimum atomic E-state index is -0.976. The summed E-state index contributed by atoms with van der Waals surface area (Å²) in [6.45, 7) is 10.5. The Kier molecular flexibility index (Phi) is 6.41. The van der Waals surface area contributed by atoms with Crippen molar-refractivity contribution in [1.29, 1.82) is 0 Å². The van der Waals surface area contributed by atoms with E-state index >= 15 is 0 Å². The van der Waals surface area contributed by atoms with E-state index in [-0.39, 0.29) is 12.0 Å². The summed E-state index contributed by atoms with van der Waals surface area (Å²) in [5.41, 5.74) is -0.551. The van der Waals surface area contributed by atoms with Gasteiger partial charge in [0.15, 0.2) is 0 Å². The predicted molar refractivity (Wildman–Crippen MR) is 85.0 cm³/mol. The standard InChI is InChI=1S/C16H28N2O5/c1-11(12(2)14(20)21)13(19)17-7-6-8-18(10-9-17)15(22)23-16(3,4)5/h11-12H,6-10H2,1-5H3,(H,20,21). The molecule has 1 fully saturated rings. The summed E-state index contributed by atoms with van der Waals surface area (Å²) in [6.07, 6.45) is 0.276. The molecule has 0 bridgehead atoms. The summed E-state index contributed by atoms with van der Waals surface area (Å²) >= 11 is 0. The normalized spacial score (nSPS) is 18.8. The third kappa shape index (κ3) is 5.73. The number of carboxylic acids is 1. The zero-order valence-corrected chi connectivity index (χ0v) is 14.7. The molecule has 0 saturated carbocycles. The molecule has 1 aliphatic heterocycles. The highest BCUT2D eigenvalue weighted by atomic mass is 16.6. The van der Waals surface area contributed by atoms with Crippen molar-refractivity contribution in [3.8, 4) is 0 Å². The topological polar surface area (TPSA) is 87.2 Å². The van der Waals surface area contributed by atoms with Crippen LogP contribution < -0.4 is 0 Å². The average Bonchev–Trinajstić information content (AvgIpc) is 2.68. The van der Waals surface area contributed by atoms with Crippen LogP contribution in [0.2, 0.25) is 0 Å². The van der Waals surface area contributed by atoms with E-state index in [1.54, 1.807) is 16.7 Å². The van der Waals surface area contributed by atoms with Gasteiger partial charge in [-0.1, -0.05) is 13.8 Å². The van der Waals surface area contributed by atoms with Gasteiger partial charge in [-0.2, -0.15) is 0 Å². The number of carbonyl (C=O) groups is 3. The van der Waals surface area contributed by atoms with Crippen molar-refractivity contribution in [3.63, 3.8) is 0 Å². The van der Waals surface area contributed by atoms with Crippen LogP contribution in [0.1, 0.15) is 41.0 Å². The Hall–Kier alpha value is -1.79. The number of hydrogen-bond donors (Lipinski definition) is 1. The molecule has 7 nitrogen and oxygen atoms in total. The molecule has 0 aromatic heterocycles. The van der Waals surface area contributed by atoms with Crippen LogP contribution >= 0.6 is 0 Å². The van der Waals surface area contributed by atoms with Crippen molar-refractivity contribution in [1.82, 2.24) is 9.80 Å². The number of carboxylic acid groups (broad SMARTS) is 1. The van der Waals surface area contributed by atoms with Crippen LogP contribution in [0.5, 0.6) is 0 Å². The summed E-state index contributed by atoms with van der Waals surface area (Å²) in [5, 5.41) is 9.04. The van der Waals surface area contributed by atoms with E-state index in [0.717, 1.165) is 0 Å². The molecule has 1 heterocycles. The van der Waals surface area contributed by atoms with Gasteiger partial charge in [-0.25, -0.2) is 4.79 Å². The average molecular weight is 328 g/mol. The lowest BCUT2D eigenvalue weighted by atomic mass is 9.94. The van der Waals surface area contributed by atoms with Crippen LogP contribution in [0.25, 0.3) is 0 Å². The Morgan fingerprint density at radius 2 is 1.48 bits per heavy atom. The lowest BCUT2D eigenvalue weighted by molar-refractivity contribution is -0.149. The molecule has 1 aliphatic rings. The van der Waals surface area contributed by atoms with E-state index in [0.29, 0.717) is 32.6 Å². The van der Waals surface area contributed by atoms with Crippen molar-refractivity contribution in [3.05, 3.63) is 0 Å². The minimum absolute atomic E-state index is 0.175. The first kappa shape index (κ1) is 19.3. The number of ether oxygens (including phenoxy) is 1. The van der Waals surface area contributed by atoms with Gasteiger partial charge in [0.05, 0.1) is 5.92 Å². The van der Waals surface area contributed by atoms with E-state index < -0.39 is 23.4 Å². The smallest absolute Gasteiger partial charge is 0.410 e. The highest BCUT2D eigenvalue weighted by Gasteiger charge is 2.31. The second-order valence-electron chi connectivity index (χ2n) is 7.06. The number of nitrogens with zero attached hydrogens (tertiary/aromatic N) is 2. The Labute approximate surface area is 137 Å². The van der Waals surface area contributed by atoms with Crippen LogP contribution in [0.3, 0.4) is 0 Å². The Morgan fingerprint density at radius 3 is 2.00 bits per heavy atom. The quantitative estimate of drug-likeness (QED) is 0.854. The number of aliphatic carboxylic acids is 1. The van der Waals surface area contributed by atoms with Crippen LogP contribution in [-0.2, 0) is 14.3 Å². The second kappa shape index (κ2) is 7.66. The van der Waals surface area contributed by atoms with Gasteiger partial charge in [-0.3, -0.25) is 9.59 Å². The van der Waals surface area contributed by atoms with E-state index in [1.165, 1.54) is 6.92 Å². The molecule has 132 valence electrons. The van der Waals surface area contributed by atoms with Crippen molar-refractivity contribution >= 4 is 18.0 Å². The van der Waals surface area contributed by atoms with Gasteiger partial charge in [0.2, 0.25) is 5.91 Å². The molecule has 1 N–H and O–H groups in total. The summed E-state index contributed by atoms with van der Waals surface area (Å²) in [6, 6.07) is 0. The Morgan fingerprint density at radius 1 is 0.957 bits per heavy atom. The maximum absolute atomic E-state index is 12.4. The van der Waals surface area contributed by atoms with Gasteiger partial charge >= 0.3 is 12.1 Å². The maximum Gasteiger partial charge on any atom is 0.410 e. The van der Waals surface area contributed by atoms with Crippen LogP contribution in [0.4, 0.5) is 4.79 Å². The molecule has 0 spiro atoms. The molecule has 7 heteroatoms. The van der Waals surface area contributed by atoms with E-state index in [9.17, 15) is 14.4 Å². The molecular formula is C16H28N2O5. The Bertz CT molecular complexity index is 458. The lowest BCUT2D eigenvalue weighted by Gasteiger charge is -2.27. The van der Waals surface area contributed by atoms with Crippen molar-refractivity contribution in [2.24, 2.45) is 11.8 Å². The van der Waals surface area contributed by atoms with Crippen molar-refractivity contribution < 1.29 is 24.2 Å². The van der Waals surface area contributed by atoms with Gasteiger partial charge in [-0.05, 0) is 27.2 Å². The monoisotopic (exact) mass is 328 g/mol. The second-order valence-corrected chi connectivity index (χ2v) is 7.06. The van der Waals surface area contributed by atoms with Crippen LogP contribution in [0.15, 0.2) is 0 Å². The van der Waals surface area contributed by atoms with Crippen LogP contribution in [-0.4, -0.2) is 64.7 Å². The largest absolute Gasteiger partial charge is 0.481 e.